The maximum Gasteiger partial charge on any atom is 0.239 e. The molecule has 0 fully saturated rings. The smallest absolute Gasteiger partial charge is 0.239 e. The summed E-state index contributed by atoms with van der Waals surface area (Å²) >= 11 is 0. The predicted octanol–water partition coefficient (Wildman–Crippen LogP) is 3.58. The van der Waals surface area contributed by atoms with Crippen LogP contribution in [0.2, 0.25) is 0 Å². The van der Waals surface area contributed by atoms with Crippen LogP contribution in [-0.2, 0) is 11.2 Å². The van der Waals surface area contributed by atoms with Crippen LogP contribution in [0.5, 0.6) is 0 Å². The second kappa shape index (κ2) is 8.11. The molecule has 0 radical (unpaired) electrons. The maximum absolute atomic E-state index is 12.7. The van der Waals surface area contributed by atoms with Crippen LogP contribution < -0.4 is 5.32 Å². The summed E-state index contributed by atoms with van der Waals surface area (Å²) in [7, 11) is 3.59. The van der Waals surface area contributed by atoms with Crippen molar-refractivity contribution in [1.29, 1.82) is 0 Å². The lowest BCUT2D eigenvalue weighted by Gasteiger charge is -2.25. The Hall–Kier alpha value is -2.72. The van der Waals surface area contributed by atoms with Crippen LogP contribution in [-0.4, -0.2) is 35.9 Å². The highest BCUT2D eigenvalue weighted by Gasteiger charge is 2.23. The summed E-state index contributed by atoms with van der Waals surface area (Å²) in [6.45, 7) is 2.05. The molecule has 26 heavy (non-hydrogen) atoms. The average Bonchev–Trinajstić information content (AvgIpc) is 2.67. The molecular weight excluding hydrogens is 322 g/mol. The molecule has 1 heterocycles. The van der Waals surface area contributed by atoms with Crippen LogP contribution in [0.4, 0.5) is 0 Å². The van der Waals surface area contributed by atoms with Gasteiger partial charge in [0.15, 0.2) is 0 Å². The number of pyridine rings is 1. The minimum Gasteiger partial charge on any atom is -0.347 e. The van der Waals surface area contributed by atoms with E-state index in [4.69, 9.17) is 4.98 Å². The first kappa shape index (κ1) is 18.1. The quantitative estimate of drug-likeness (QED) is 0.741. The molecule has 1 amide bonds. The summed E-state index contributed by atoms with van der Waals surface area (Å²) in [5.74, 6) is 0.0708. The minimum atomic E-state index is -0.296. The van der Waals surface area contributed by atoms with E-state index in [2.05, 4.69) is 36.5 Å². The van der Waals surface area contributed by atoms with Gasteiger partial charge in [0.05, 0.1) is 17.3 Å². The summed E-state index contributed by atoms with van der Waals surface area (Å²) in [5.41, 5.74) is 3.05. The van der Waals surface area contributed by atoms with E-state index in [0.29, 0.717) is 6.42 Å². The van der Waals surface area contributed by atoms with Gasteiger partial charge in [-0.15, -0.1) is 0 Å². The summed E-state index contributed by atoms with van der Waals surface area (Å²) in [6.07, 6.45) is 0.649. The maximum atomic E-state index is 12.7. The molecule has 3 rings (SSSR count). The third-order valence-electron chi connectivity index (χ3n) is 4.54. The van der Waals surface area contributed by atoms with E-state index in [1.165, 1.54) is 0 Å². The van der Waals surface area contributed by atoms with E-state index in [-0.39, 0.29) is 18.0 Å². The highest BCUT2D eigenvalue weighted by atomic mass is 16.2. The molecule has 2 unspecified atom stereocenters. The average molecular weight is 347 g/mol. The molecule has 0 aliphatic carbocycles. The van der Waals surface area contributed by atoms with Gasteiger partial charge in [0.1, 0.15) is 0 Å². The molecule has 0 aliphatic rings. The van der Waals surface area contributed by atoms with Crippen LogP contribution in [0.1, 0.15) is 24.2 Å². The van der Waals surface area contributed by atoms with Gasteiger partial charge < -0.3 is 4.90 Å². The zero-order chi connectivity index (χ0) is 18.5. The Balaban J connectivity index is 1.81. The van der Waals surface area contributed by atoms with Crippen LogP contribution in [0.15, 0.2) is 66.7 Å². The van der Waals surface area contributed by atoms with Gasteiger partial charge in [-0.3, -0.25) is 15.1 Å². The number of nitrogens with one attached hydrogen (secondary N) is 1. The van der Waals surface area contributed by atoms with Crippen molar-refractivity contribution in [2.75, 3.05) is 14.1 Å². The van der Waals surface area contributed by atoms with Crippen molar-refractivity contribution in [2.45, 2.75) is 25.4 Å². The van der Waals surface area contributed by atoms with Crippen LogP contribution in [0, 0.1) is 0 Å². The fourth-order valence-electron chi connectivity index (χ4n) is 3.09. The lowest BCUT2D eigenvalue weighted by Crippen LogP contribution is -2.46. The molecule has 0 bridgehead atoms. The molecule has 134 valence electrons. The van der Waals surface area contributed by atoms with Gasteiger partial charge in [0.2, 0.25) is 5.91 Å². The highest BCUT2D eigenvalue weighted by molar-refractivity contribution is 5.82. The zero-order valence-electron chi connectivity index (χ0n) is 15.5. The number of benzene rings is 2. The van der Waals surface area contributed by atoms with Crippen LogP contribution in [0.25, 0.3) is 10.9 Å². The number of para-hydroxylation sites is 1. The minimum absolute atomic E-state index is 0.0304. The van der Waals surface area contributed by atoms with E-state index in [1.54, 1.807) is 19.0 Å². The van der Waals surface area contributed by atoms with Gasteiger partial charge in [0.25, 0.3) is 0 Å². The number of rotatable bonds is 6. The van der Waals surface area contributed by atoms with Crippen molar-refractivity contribution in [3.8, 4) is 0 Å². The molecular formula is C22H25N3O. The fourth-order valence-corrected chi connectivity index (χ4v) is 3.09. The van der Waals surface area contributed by atoms with Gasteiger partial charge in [-0.25, -0.2) is 0 Å². The lowest BCUT2D eigenvalue weighted by atomic mass is 10.0. The Labute approximate surface area is 154 Å². The summed E-state index contributed by atoms with van der Waals surface area (Å²) in [4.78, 5) is 19.1. The largest absolute Gasteiger partial charge is 0.347 e. The summed E-state index contributed by atoms with van der Waals surface area (Å²) < 4.78 is 0. The van der Waals surface area contributed by atoms with E-state index < -0.39 is 0 Å². The number of hydrogen-bond acceptors (Lipinski definition) is 3. The molecule has 0 saturated carbocycles. The number of carbonyl (C=O) groups excluding carboxylic acids is 1. The first-order valence-electron chi connectivity index (χ1n) is 8.91. The molecule has 4 heteroatoms. The SMILES string of the molecule is CC(NC(Cc1ccccc1)C(=O)N(C)C)c1ccc2ccccc2n1. The van der Waals surface area contributed by atoms with Crippen molar-refractivity contribution < 1.29 is 4.79 Å². The first-order chi connectivity index (χ1) is 12.5. The monoisotopic (exact) mass is 347 g/mol. The van der Waals surface area contributed by atoms with Crippen molar-refractivity contribution in [3.05, 3.63) is 78.0 Å². The number of nitrogens with zero attached hydrogens (tertiary/aromatic N) is 2. The number of likely N-dealkylation sites (N-methyl/N-ethyl adjacent to an activating group) is 1. The number of hydrogen-bond donors (Lipinski definition) is 1. The van der Waals surface area contributed by atoms with Gasteiger partial charge >= 0.3 is 0 Å². The number of aromatic nitrogens is 1. The number of amides is 1. The highest BCUT2D eigenvalue weighted by Crippen LogP contribution is 2.18. The molecule has 0 aliphatic heterocycles. The molecule has 1 aromatic heterocycles. The standard InChI is InChI=1S/C22H25N3O/c1-16(19-14-13-18-11-7-8-12-20(18)24-19)23-21(22(26)25(2)3)15-17-9-5-4-6-10-17/h4-14,16,21,23H,15H2,1-3H3. The third-order valence-corrected chi connectivity index (χ3v) is 4.54. The van der Waals surface area contributed by atoms with Gasteiger partial charge in [-0.05, 0) is 31.0 Å². The fraction of sp³-hybridized carbons (Fsp3) is 0.273. The number of fused-ring (bicyclic) bond motifs is 1. The van der Waals surface area contributed by atoms with E-state index in [1.807, 2.05) is 42.5 Å². The van der Waals surface area contributed by atoms with E-state index >= 15 is 0 Å². The van der Waals surface area contributed by atoms with Crippen LogP contribution >= 0.6 is 0 Å². The molecule has 0 saturated heterocycles. The molecule has 1 N–H and O–H groups in total. The number of carbonyl (C=O) groups is 1. The Morgan fingerprint density at radius 2 is 1.69 bits per heavy atom. The Morgan fingerprint density at radius 1 is 1.00 bits per heavy atom. The summed E-state index contributed by atoms with van der Waals surface area (Å²) in [6, 6.07) is 21.9. The third kappa shape index (κ3) is 4.27. The van der Waals surface area contributed by atoms with Crippen molar-refractivity contribution >= 4 is 16.8 Å². The second-order valence-electron chi connectivity index (χ2n) is 6.79. The van der Waals surface area contributed by atoms with Gasteiger partial charge in [0, 0.05) is 25.5 Å². The molecule has 2 aromatic carbocycles. The molecule has 2 atom stereocenters. The van der Waals surface area contributed by atoms with E-state index in [9.17, 15) is 4.79 Å². The summed E-state index contributed by atoms with van der Waals surface area (Å²) in [5, 5.41) is 4.59. The topological polar surface area (TPSA) is 45.2 Å². The molecule has 4 nitrogen and oxygen atoms in total. The normalized spacial score (nSPS) is 13.3. The van der Waals surface area contributed by atoms with Crippen molar-refractivity contribution in [3.63, 3.8) is 0 Å². The Kier molecular flexibility index (Phi) is 5.64. The van der Waals surface area contributed by atoms with E-state index in [0.717, 1.165) is 22.2 Å². The first-order valence-corrected chi connectivity index (χ1v) is 8.91. The van der Waals surface area contributed by atoms with Crippen LogP contribution in [0.3, 0.4) is 0 Å². The van der Waals surface area contributed by atoms with Crippen molar-refractivity contribution in [2.24, 2.45) is 0 Å². The van der Waals surface area contributed by atoms with Gasteiger partial charge in [-0.2, -0.15) is 0 Å². The lowest BCUT2D eigenvalue weighted by molar-refractivity contribution is -0.131. The zero-order valence-corrected chi connectivity index (χ0v) is 15.5. The molecule has 0 spiro atoms. The predicted molar refractivity (Wildman–Crippen MR) is 106 cm³/mol. The Bertz CT molecular complexity index is 877. The van der Waals surface area contributed by atoms with Gasteiger partial charge in [-0.1, -0.05) is 54.6 Å². The van der Waals surface area contributed by atoms with Crippen molar-refractivity contribution in [1.82, 2.24) is 15.2 Å². The Morgan fingerprint density at radius 3 is 2.42 bits per heavy atom. The molecule has 3 aromatic rings. The second-order valence-corrected chi connectivity index (χ2v) is 6.79.